The molecule has 0 radical (unpaired) electrons. The highest BCUT2D eigenvalue weighted by Crippen LogP contribution is 2.20. The van der Waals surface area contributed by atoms with E-state index in [1.165, 1.54) is 18.4 Å². The minimum absolute atomic E-state index is 0.0816. The van der Waals surface area contributed by atoms with Gasteiger partial charge in [0, 0.05) is 30.7 Å². The third-order valence-electron chi connectivity index (χ3n) is 4.28. The van der Waals surface area contributed by atoms with Crippen LogP contribution < -0.4 is 5.32 Å². The molecule has 20 heavy (non-hydrogen) atoms. The zero-order valence-corrected chi connectivity index (χ0v) is 13.0. The molecule has 0 aromatic heterocycles. The molecule has 1 aliphatic carbocycles. The van der Waals surface area contributed by atoms with Crippen LogP contribution in [-0.2, 0) is 13.1 Å². The predicted octanol–water partition coefficient (Wildman–Crippen LogP) is 3.70. The van der Waals surface area contributed by atoms with Crippen LogP contribution in [0, 0.1) is 5.82 Å². The molecule has 1 saturated carbocycles. The molecule has 1 atom stereocenters. The molecule has 1 unspecified atom stereocenters. The highest BCUT2D eigenvalue weighted by atomic mass is 19.1. The number of rotatable bonds is 8. The molecule has 0 heterocycles. The van der Waals surface area contributed by atoms with Gasteiger partial charge in [-0.25, -0.2) is 4.39 Å². The van der Waals surface area contributed by atoms with Crippen molar-refractivity contribution in [2.24, 2.45) is 0 Å². The fraction of sp³-hybridized carbons (Fsp3) is 0.647. The standard InChI is InChI=1S/C17H27FN2/c1-4-13(3)20(5-2)12-15-10-14(6-9-17(15)18)11-19-16-7-8-16/h6,9-10,13,16,19H,4-5,7-8,11-12H2,1-3H3. The van der Waals surface area contributed by atoms with Gasteiger partial charge in [-0.3, -0.25) is 4.90 Å². The van der Waals surface area contributed by atoms with Gasteiger partial charge in [-0.1, -0.05) is 26.0 Å². The maximum Gasteiger partial charge on any atom is 0.127 e. The van der Waals surface area contributed by atoms with E-state index in [2.05, 4.69) is 31.0 Å². The Morgan fingerprint density at radius 2 is 2.10 bits per heavy atom. The highest BCUT2D eigenvalue weighted by Gasteiger charge is 2.20. The molecule has 1 N–H and O–H groups in total. The van der Waals surface area contributed by atoms with Gasteiger partial charge in [0.05, 0.1) is 0 Å². The first-order chi connectivity index (χ1) is 9.63. The summed E-state index contributed by atoms with van der Waals surface area (Å²) in [4.78, 5) is 2.33. The minimum Gasteiger partial charge on any atom is -0.310 e. The number of benzene rings is 1. The molecular formula is C17H27FN2. The first kappa shape index (κ1) is 15.5. The van der Waals surface area contributed by atoms with Crippen LogP contribution in [0.25, 0.3) is 0 Å². The Bertz CT molecular complexity index is 429. The van der Waals surface area contributed by atoms with Crippen LogP contribution >= 0.6 is 0 Å². The molecule has 0 aliphatic heterocycles. The first-order valence-electron chi connectivity index (χ1n) is 7.88. The zero-order chi connectivity index (χ0) is 14.5. The summed E-state index contributed by atoms with van der Waals surface area (Å²) in [6.07, 6.45) is 3.66. The second kappa shape index (κ2) is 7.19. The van der Waals surface area contributed by atoms with Crippen LogP contribution in [0.15, 0.2) is 18.2 Å². The van der Waals surface area contributed by atoms with Gasteiger partial charge in [0.25, 0.3) is 0 Å². The summed E-state index contributed by atoms with van der Waals surface area (Å²) >= 11 is 0. The maximum absolute atomic E-state index is 14.0. The number of halogens is 1. The Morgan fingerprint density at radius 3 is 2.70 bits per heavy atom. The molecule has 3 heteroatoms. The van der Waals surface area contributed by atoms with Gasteiger partial charge in [-0.05, 0) is 44.4 Å². The van der Waals surface area contributed by atoms with E-state index in [4.69, 9.17) is 0 Å². The Kier molecular flexibility index (Phi) is 5.55. The molecule has 2 nitrogen and oxygen atoms in total. The zero-order valence-electron chi connectivity index (χ0n) is 13.0. The van der Waals surface area contributed by atoms with E-state index in [0.717, 1.165) is 25.1 Å². The van der Waals surface area contributed by atoms with Gasteiger partial charge in [-0.15, -0.1) is 0 Å². The quantitative estimate of drug-likeness (QED) is 0.780. The van der Waals surface area contributed by atoms with E-state index in [0.29, 0.717) is 18.6 Å². The Balaban J connectivity index is 2.02. The van der Waals surface area contributed by atoms with Gasteiger partial charge in [-0.2, -0.15) is 0 Å². The fourth-order valence-electron chi connectivity index (χ4n) is 2.47. The third kappa shape index (κ3) is 4.29. The van der Waals surface area contributed by atoms with Crippen molar-refractivity contribution >= 4 is 0 Å². The summed E-state index contributed by atoms with van der Waals surface area (Å²) in [5.74, 6) is -0.0816. The van der Waals surface area contributed by atoms with Gasteiger partial charge >= 0.3 is 0 Å². The summed E-state index contributed by atoms with van der Waals surface area (Å²) in [6.45, 7) is 9.04. The lowest BCUT2D eigenvalue weighted by molar-refractivity contribution is 0.203. The summed E-state index contributed by atoms with van der Waals surface area (Å²) in [7, 11) is 0. The Hall–Kier alpha value is -0.930. The van der Waals surface area contributed by atoms with Crippen molar-refractivity contribution in [2.75, 3.05) is 6.54 Å². The molecule has 0 bridgehead atoms. The van der Waals surface area contributed by atoms with Crippen molar-refractivity contribution in [3.8, 4) is 0 Å². The summed E-state index contributed by atoms with van der Waals surface area (Å²) in [5.41, 5.74) is 2.01. The van der Waals surface area contributed by atoms with Crippen LogP contribution in [0.1, 0.15) is 51.2 Å². The van der Waals surface area contributed by atoms with Gasteiger partial charge in [0.2, 0.25) is 0 Å². The van der Waals surface area contributed by atoms with Crippen LogP contribution in [0.5, 0.6) is 0 Å². The van der Waals surface area contributed by atoms with Gasteiger partial charge in [0.1, 0.15) is 5.82 Å². The largest absolute Gasteiger partial charge is 0.310 e. The molecule has 112 valence electrons. The molecule has 0 spiro atoms. The molecule has 2 rings (SSSR count). The number of hydrogen-bond donors (Lipinski definition) is 1. The number of nitrogens with one attached hydrogen (secondary N) is 1. The van der Waals surface area contributed by atoms with Crippen molar-refractivity contribution in [1.82, 2.24) is 10.2 Å². The van der Waals surface area contributed by atoms with E-state index < -0.39 is 0 Å². The minimum atomic E-state index is -0.0816. The van der Waals surface area contributed by atoms with Crippen molar-refractivity contribution in [3.05, 3.63) is 35.1 Å². The lowest BCUT2D eigenvalue weighted by Crippen LogP contribution is -2.32. The second-order valence-electron chi connectivity index (χ2n) is 5.90. The maximum atomic E-state index is 14.0. The van der Waals surface area contributed by atoms with Crippen LogP contribution in [0.3, 0.4) is 0 Å². The summed E-state index contributed by atoms with van der Waals surface area (Å²) < 4.78 is 14.0. The lowest BCUT2D eigenvalue weighted by Gasteiger charge is -2.27. The topological polar surface area (TPSA) is 15.3 Å². The molecule has 1 aromatic rings. The van der Waals surface area contributed by atoms with E-state index in [1.54, 1.807) is 6.07 Å². The Morgan fingerprint density at radius 1 is 1.35 bits per heavy atom. The van der Waals surface area contributed by atoms with Gasteiger partial charge < -0.3 is 5.32 Å². The van der Waals surface area contributed by atoms with Crippen LogP contribution in [0.4, 0.5) is 4.39 Å². The van der Waals surface area contributed by atoms with Crippen LogP contribution in [-0.4, -0.2) is 23.5 Å². The first-order valence-corrected chi connectivity index (χ1v) is 7.88. The number of hydrogen-bond acceptors (Lipinski definition) is 2. The van der Waals surface area contributed by atoms with Crippen molar-refractivity contribution in [1.29, 1.82) is 0 Å². The molecule has 0 saturated heterocycles. The summed E-state index contributed by atoms with van der Waals surface area (Å²) in [6, 6.07) is 6.72. The highest BCUT2D eigenvalue weighted by molar-refractivity contribution is 5.25. The average Bonchev–Trinajstić information content (AvgIpc) is 3.28. The average molecular weight is 278 g/mol. The summed E-state index contributed by atoms with van der Waals surface area (Å²) in [5, 5.41) is 3.48. The van der Waals surface area contributed by atoms with Crippen molar-refractivity contribution in [3.63, 3.8) is 0 Å². The monoisotopic (exact) mass is 278 g/mol. The van der Waals surface area contributed by atoms with Crippen LogP contribution in [0.2, 0.25) is 0 Å². The molecule has 1 aliphatic rings. The lowest BCUT2D eigenvalue weighted by atomic mass is 10.1. The van der Waals surface area contributed by atoms with Crippen molar-refractivity contribution in [2.45, 2.75) is 65.2 Å². The molecule has 0 amide bonds. The van der Waals surface area contributed by atoms with E-state index >= 15 is 0 Å². The third-order valence-corrected chi connectivity index (χ3v) is 4.28. The molecule has 1 aromatic carbocycles. The Labute approximate surface area is 122 Å². The van der Waals surface area contributed by atoms with Crippen molar-refractivity contribution < 1.29 is 4.39 Å². The predicted molar refractivity (Wildman–Crippen MR) is 82.1 cm³/mol. The second-order valence-corrected chi connectivity index (χ2v) is 5.90. The fourth-order valence-corrected chi connectivity index (χ4v) is 2.47. The van der Waals surface area contributed by atoms with Gasteiger partial charge in [0.15, 0.2) is 0 Å². The van der Waals surface area contributed by atoms with E-state index in [9.17, 15) is 4.39 Å². The molecular weight excluding hydrogens is 251 g/mol. The normalized spacial score (nSPS) is 16.6. The SMILES string of the molecule is CCC(C)N(CC)Cc1cc(CNC2CC2)ccc1F. The smallest absolute Gasteiger partial charge is 0.127 e. The van der Waals surface area contributed by atoms with E-state index in [1.807, 2.05) is 12.1 Å². The molecule has 1 fully saturated rings. The van der Waals surface area contributed by atoms with E-state index in [-0.39, 0.29) is 5.82 Å². The number of nitrogens with zero attached hydrogens (tertiary/aromatic N) is 1.